The van der Waals surface area contributed by atoms with Crippen LogP contribution in [0.2, 0.25) is 0 Å². The van der Waals surface area contributed by atoms with Gasteiger partial charge in [0.2, 0.25) is 0 Å². The first kappa shape index (κ1) is 10.2. The van der Waals surface area contributed by atoms with Crippen LogP contribution < -0.4 is 5.32 Å². The van der Waals surface area contributed by atoms with Crippen molar-refractivity contribution in [3.8, 4) is 0 Å². The smallest absolute Gasteiger partial charge is 0.0802 e. The Morgan fingerprint density at radius 2 is 2.00 bits per heavy atom. The summed E-state index contributed by atoms with van der Waals surface area (Å²) < 4.78 is 0. The van der Waals surface area contributed by atoms with Gasteiger partial charge in [0.25, 0.3) is 0 Å². The van der Waals surface area contributed by atoms with Crippen LogP contribution in [0.5, 0.6) is 0 Å². The highest BCUT2D eigenvalue weighted by molar-refractivity contribution is 5.17. The molecule has 0 amide bonds. The van der Waals surface area contributed by atoms with Gasteiger partial charge in [-0.2, -0.15) is 0 Å². The Hall–Kier alpha value is -0.860. The number of aliphatic hydroxyl groups is 1. The molecule has 1 aromatic rings. The van der Waals surface area contributed by atoms with Crippen LogP contribution in [0.25, 0.3) is 0 Å². The van der Waals surface area contributed by atoms with Gasteiger partial charge in [-0.05, 0) is 25.1 Å². The van der Waals surface area contributed by atoms with Crippen molar-refractivity contribution < 1.29 is 5.11 Å². The molecule has 0 saturated heterocycles. The second-order valence-corrected chi connectivity index (χ2v) is 3.07. The molecule has 0 fully saturated rings. The monoisotopic (exact) mass is 179 g/mol. The molecule has 0 spiro atoms. The third kappa shape index (κ3) is 3.57. The first-order chi connectivity index (χ1) is 6.34. The zero-order chi connectivity index (χ0) is 9.52. The van der Waals surface area contributed by atoms with E-state index in [1.54, 1.807) is 0 Å². The van der Waals surface area contributed by atoms with Crippen LogP contribution in [0.4, 0.5) is 0 Å². The van der Waals surface area contributed by atoms with Crippen molar-refractivity contribution in [3.63, 3.8) is 0 Å². The zero-order valence-electron chi connectivity index (χ0n) is 8.03. The molecule has 1 rings (SSSR count). The minimum atomic E-state index is -0.333. The molecule has 0 aromatic heterocycles. The van der Waals surface area contributed by atoms with Gasteiger partial charge in [0.15, 0.2) is 0 Å². The van der Waals surface area contributed by atoms with Crippen molar-refractivity contribution in [1.29, 1.82) is 0 Å². The van der Waals surface area contributed by atoms with E-state index in [2.05, 4.69) is 12.2 Å². The van der Waals surface area contributed by atoms with E-state index in [0.29, 0.717) is 0 Å². The topological polar surface area (TPSA) is 32.3 Å². The summed E-state index contributed by atoms with van der Waals surface area (Å²) in [4.78, 5) is 0. The Bertz CT molecular complexity index is 223. The van der Waals surface area contributed by atoms with Gasteiger partial charge in [-0.1, -0.05) is 37.3 Å². The lowest BCUT2D eigenvalue weighted by molar-refractivity contribution is 0.167. The predicted molar refractivity (Wildman–Crippen MR) is 54.6 cm³/mol. The molecule has 0 radical (unpaired) electrons. The summed E-state index contributed by atoms with van der Waals surface area (Å²) >= 11 is 0. The molecule has 1 atom stereocenters. The molecular formula is C11H17NO. The van der Waals surface area contributed by atoms with Crippen LogP contribution in [0.15, 0.2) is 30.3 Å². The van der Waals surface area contributed by atoms with E-state index in [1.165, 1.54) is 0 Å². The molecule has 13 heavy (non-hydrogen) atoms. The van der Waals surface area contributed by atoms with E-state index in [1.807, 2.05) is 30.3 Å². The molecule has 72 valence electrons. The normalized spacial score (nSPS) is 12.8. The van der Waals surface area contributed by atoms with Crippen LogP contribution in [-0.2, 0) is 0 Å². The lowest BCUT2D eigenvalue weighted by Crippen LogP contribution is -2.16. The molecule has 0 bridgehead atoms. The predicted octanol–water partition coefficient (Wildman–Crippen LogP) is 1.72. The highest BCUT2D eigenvalue weighted by Gasteiger charge is 2.04. The average Bonchev–Trinajstić information content (AvgIpc) is 2.19. The second-order valence-electron chi connectivity index (χ2n) is 3.07. The van der Waals surface area contributed by atoms with Crippen LogP contribution in [0.1, 0.15) is 25.0 Å². The minimum Gasteiger partial charge on any atom is -0.388 e. The van der Waals surface area contributed by atoms with E-state index in [9.17, 15) is 5.11 Å². The second kappa shape index (κ2) is 5.73. The Morgan fingerprint density at radius 3 is 2.62 bits per heavy atom. The Morgan fingerprint density at radius 1 is 1.31 bits per heavy atom. The van der Waals surface area contributed by atoms with Gasteiger partial charge in [-0.25, -0.2) is 0 Å². The number of rotatable bonds is 5. The van der Waals surface area contributed by atoms with Crippen molar-refractivity contribution in [1.82, 2.24) is 5.32 Å². The first-order valence-corrected chi connectivity index (χ1v) is 4.78. The van der Waals surface area contributed by atoms with Crippen LogP contribution >= 0.6 is 0 Å². The first-order valence-electron chi connectivity index (χ1n) is 4.78. The third-order valence-electron chi connectivity index (χ3n) is 2.03. The molecule has 0 saturated carbocycles. The highest BCUT2D eigenvalue weighted by Crippen LogP contribution is 2.14. The summed E-state index contributed by atoms with van der Waals surface area (Å²) in [5.74, 6) is 0. The minimum absolute atomic E-state index is 0.333. The number of nitrogens with one attached hydrogen (secondary N) is 1. The SMILES string of the molecule is CCNCCC(O)c1ccccc1. The summed E-state index contributed by atoms with van der Waals surface area (Å²) in [6, 6.07) is 9.77. The van der Waals surface area contributed by atoms with Gasteiger partial charge < -0.3 is 10.4 Å². The lowest BCUT2D eigenvalue weighted by Gasteiger charge is -2.10. The molecular weight excluding hydrogens is 162 g/mol. The van der Waals surface area contributed by atoms with Crippen molar-refractivity contribution in [2.24, 2.45) is 0 Å². The molecule has 0 heterocycles. The summed E-state index contributed by atoms with van der Waals surface area (Å²) in [6.45, 7) is 3.89. The molecule has 0 aliphatic carbocycles. The average molecular weight is 179 g/mol. The van der Waals surface area contributed by atoms with Crippen LogP contribution in [0, 0.1) is 0 Å². The fourth-order valence-corrected chi connectivity index (χ4v) is 1.26. The Balaban J connectivity index is 2.35. The highest BCUT2D eigenvalue weighted by atomic mass is 16.3. The summed E-state index contributed by atoms with van der Waals surface area (Å²) in [7, 11) is 0. The molecule has 1 aromatic carbocycles. The fourth-order valence-electron chi connectivity index (χ4n) is 1.26. The molecule has 1 unspecified atom stereocenters. The lowest BCUT2D eigenvalue weighted by atomic mass is 10.1. The maximum absolute atomic E-state index is 9.71. The van der Waals surface area contributed by atoms with Crippen LogP contribution in [-0.4, -0.2) is 18.2 Å². The van der Waals surface area contributed by atoms with Crippen LogP contribution in [0.3, 0.4) is 0 Å². The zero-order valence-corrected chi connectivity index (χ0v) is 8.03. The van der Waals surface area contributed by atoms with E-state index in [0.717, 1.165) is 25.1 Å². The van der Waals surface area contributed by atoms with Gasteiger partial charge in [0.05, 0.1) is 6.10 Å². The number of hydrogen-bond donors (Lipinski definition) is 2. The maximum atomic E-state index is 9.71. The maximum Gasteiger partial charge on any atom is 0.0802 e. The Kier molecular flexibility index (Phi) is 4.50. The van der Waals surface area contributed by atoms with Gasteiger partial charge in [0, 0.05) is 0 Å². The molecule has 2 nitrogen and oxygen atoms in total. The number of benzene rings is 1. The van der Waals surface area contributed by atoms with E-state index < -0.39 is 0 Å². The van der Waals surface area contributed by atoms with Crippen molar-refractivity contribution in [3.05, 3.63) is 35.9 Å². The van der Waals surface area contributed by atoms with E-state index >= 15 is 0 Å². The van der Waals surface area contributed by atoms with Gasteiger partial charge in [-0.3, -0.25) is 0 Å². The van der Waals surface area contributed by atoms with Gasteiger partial charge in [-0.15, -0.1) is 0 Å². The molecule has 2 heteroatoms. The van der Waals surface area contributed by atoms with Crippen molar-refractivity contribution >= 4 is 0 Å². The fraction of sp³-hybridized carbons (Fsp3) is 0.455. The third-order valence-corrected chi connectivity index (χ3v) is 2.03. The Labute approximate surface area is 79.6 Å². The molecule has 0 aliphatic heterocycles. The van der Waals surface area contributed by atoms with Gasteiger partial charge in [0.1, 0.15) is 0 Å². The summed E-state index contributed by atoms with van der Waals surface area (Å²) in [5, 5.41) is 12.9. The summed E-state index contributed by atoms with van der Waals surface area (Å²) in [5.41, 5.74) is 1.00. The van der Waals surface area contributed by atoms with E-state index in [4.69, 9.17) is 0 Å². The summed E-state index contributed by atoms with van der Waals surface area (Å²) in [6.07, 6.45) is 0.443. The van der Waals surface area contributed by atoms with Crippen molar-refractivity contribution in [2.45, 2.75) is 19.4 Å². The van der Waals surface area contributed by atoms with Gasteiger partial charge >= 0.3 is 0 Å². The largest absolute Gasteiger partial charge is 0.388 e. The number of aliphatic hydroxyl groups excluding tert-OH is 1. The van der Waals surface area contributed by atoms with E-state index in [-0.39, 0.29) is 6.10 Å². The van der Waals surface area contributed by atoms with Crippen molar-refractivity contribution in [2.75, 3.05) is 13.1 Å². The standard InChI is InChI=1S/C11H17NO/c1-2-12-9-8-11(13)10-6-4-3-5-7-10/h3-7,11-13H,2,8-9H2,1H3. The number of hydrogen-bond acceptors (Lipinski definition) is 2. The molecule has 2 N–H and O–H groups in total. The quantitative estimate of drug-likeness (QED) is 0.674. The molecule has 0 aliphatic rings.